The minimum Gasteiger partial charge on any atom is -0.363 e. The van der Waals surface area contributed by atoms with Gasteiger partial charge in [-0.2, -0.15) is 0 Å². The highest BCUT2D eigenvalue weighted by Crippen LogP contribution is 2.65. The summed E-state index contributed by atoms with van der Waals surface area (Å²) in [5, 5.41) is 8.23. The number of nitrogens with one attached hydrogen (secondary N) is 3. The Kier molecular flexibility index (Phi) is 7.75. The lowest BCUT2D eigenvalue weighted by Crippen LogP contribution is -2.61. The molecule has 0 unspecified atom stereocenters. The Labute approximate surface area is 224 Å². The van der Waals surface area contributed by atoms with E-state index in [1.165, 1.54) is 4.90 Å². The number of nitrogens with two attached hydrogens (primary N) is 1. The number of rotatable bonds is 8. The molecule has 11 heteroatoms. The predicted molar refractivity (Wildman–Crippen MR) is 139 cm³/mol. The first-order valence-corrected chi connectivity index (χ1v) is 13.3. The predicted octanol–water partition coefficient (Wildman–Crippen LogP) is 0.112. The van der Waals surface area contributed by atoms with E-state index < -0.39 is 52.5 Å². The number of likely N-dealkylation sites (tertiary alicyclic amines) is 1. The standard InChI is InChI=1S/C27H43N5O6/c1-25(2,3)19(31-24(38)26(4,5)6)23(37)32-12-14-16(27(14,7)8)17(32)22(36)30-15(18(33)20(28)34)11-13-9-10-29-21(13)35/h13-17,19H,9-12H2,1-8H3,(H2,28,34)(H,29,35)(H,30,36)(H,31,38)/t13-,14-,15-,16-,17-,19+/m0/s1. The summed E-state index contributed by atoms with van der Waals surface area (Å²) in [5.41, 5.74) is 3.70. The Morgan fingerprint density at radius 1 is 1.08 bits per heavy atom. The Bertz CT molecular complexity index is 1040. The van der Waals surface area contributed by atoms with Gasteiger partial charge in [-0.1, -0.05) is 55.4 Å². The summed E-state index contributed by atoms with van der Waals surface area (Å²) in [7, 11) is 0. The van der Waals surface area contributed by atoms with Gasteiger partial charge >= 0.3 is 0 Å². The van der Waals surface area contributed by atoms with Crippen LogP contribution < -0.4 is 21.7 Å². The topological polar surface area (TPSA) is 168 Å². The van der Waals surface area contributed by atoms with Crippen LogP contribution in [0.15, 0.2) is 0 Å². The van der Waals surface area contributed by atoms with Crippen LogP contribution in [0.3, 0.4) is 0 Å². The fourth-order valence-electron chi connectivity index (χ4n) is 5.79. The second-order valence-electron chi connectivity index (χ2n) is 13.7. The summed E-state index contributed by atoms with van der Waals surface area (Å²) < 4.78 is 0. The Hall–Kier alpha value is -2.98. The molecule has 1 aliphatic carbocycles. The third-order valence-corrected chi connectivity index (χ3v) is 8.39. The number of carbonyl (C=O) groups is 6. The van der Waals surface area contributed by atoms with E-state index in [0.29, 0.717) is 19.5 Å². The number of Topliss-reactive ketones (excluding diaryl/α,β-unsaturated/α-hetero) is 1. The van der Waals surface area contributed by atoms with E-state index in [0.717, 1.165) is 0 Å². The highest BCUT2D eigenvalue weighted by Gasteiger charge is 2.70. The lowest BCUT2D eigenvalue weighted by atomic mass is 9.84. The van der Waals surface area contributed by atoms with Crippen LogP contribution in [0.25, 0.3) is 0 Å². The van der Waals surface area contributed by atoms with Crippen molar-refractivity contribution in [1.29, 1.82) is 0 Å². The van der Waals surface area contributed by atoms with Crippen molar-refractivity contribution in [3.05, 3.63) is 0 Å². The molecular formula is C27H43N5O6. The summed E-state index contributed by atoms with van der Waals surface area (Å²) in [6, 6.07) is -3.04. The number of ketones is 1. The van der Waals surface area contributed by atoms with Gasteiger partial charge in [0.2, 0.25) is 29.4 Å². The second kappa shape index (κ2) is 9.96. The molecule has 3 aliphatic rings. The number of fused-ring (bicyclic) bond motifs is 1. The number of hydrogen-bond donors (Lipinski definition) is 4. The Morgan fingerprint density at radius 3 is 2.16 bits per heavy atom. The number of nitrogens with zero attached hydrogens (tertiary/aromatic N) is 1. The van der Waals surface area contributed by atoms with Crippen LogP contribution in [-0.2, 0) is 28.8 Å². The molecule has 0 aromatic heterocycles. The summed E-state index contributed by atoms with van der Waals surface area (Å²) in [6.45, 7) is 15.7. The molecule has 0 aromatic rings. The van der Waals surface area contributed by atoms with E-state index in [-0.39, 0.29) is 41.4 Å². The van der Waals surface area contributed by atoms with Gasteiger partial charge in [-0.05, 0) is 35.5 Å². The fourth-order valence-corrected chi connectivity index (χ4v) is 5.79. The third-order valence-electron chi connectivity index (χ3n) is 8.39. The van der Waals surface area contributed by atoms with Crippen molar-refractivity contribution in [3.8, 4) is 0 Å². The van der Waals surface area contributed by atoms with Crippen molar-refractivity contribution in [2.24, 2.45) is 39.7 Å². The van der Waals surface area contributed by atoms with Gasteiger partial charge in [-0.15, -0.1) is 0 Å². The van der Waals surface area contributed by atoms with Crippen molar-refractivity contribution >= 4 is 35.3 Å². The van der Waals surface area contributed by atoms with Crippen LogP contribution in [0, 0.1) is 34.0 Å². The van der Waals surface area contributed by atoms with Crippen LogP contribution in [0.4, 0.5) is 0 Å². The molecular weight excluding hydrogens is 490 g/mol. The van der Waals surface area contributed by atoms with E-state index in [1.807, 2.05) is 34.6 Å². The summed E-state index contributed by atoms with van der Waals surface area (Å²) in [4.78, 5) is 78.5. The molecule has 3 rings (SSSR count). The average Bonchev–Trinajstić information content (AvgIpc) is 3.14. The number of primary amides is 1. The van der Waals surface area contributed by atoms with Crippen LogP contribution in [0.1, 0.15) is 68.2 Å². The number of amides is 5. The average molecular weight is 534 g/mol. The van der Waals surface area contributed by atoms with Crippen LogP contribution in [0.5, 0.6) is 0 Å². The molecule has 3 fully saturated rings. The van der Waals surface area contributed by atoms with E-state index in [2.05, 4.69) is 16.0 Å². The minimum atomic E-state index is -1.27. The monoisotopic (exact) mass is 533 g/mol. The summed E-state index contributed by atoms with van der Waals surface area (Å²) in [6.07, 6.45) is 0.424. The highest BCUT2D eigenvalue weighted by atomic mass is 16.2. The van der Waals surface area contributed by atoms with Gasteiger partial charge in [-0.25, -0.2) is 0 Å². The molecule has 2 heterocycles. The van der Waals surface area contributed by atoms with E-state index >= 15 is 0 Å². The van der Waals surface area contributed by atoms with Crippen LogP contribution in [-0.4, -0.2) is 71.4 Å². The molecule has 0 bridgehead atoms. The first-order chi connectivity index (χ1) is 17.3. The zero-order chi connectivity index (χ0) is 29.0. The van der Waals surface area contributed by atoms with Crippen molar-refractivity contribution < 1.29 is 28.8 Å². The molecule has 1 saturated carbocycles. The van der Waals surface area contributed by atoms with Crippen molar-refractivity contribution in [2.75, 3.05) is 13.1 Å². The molecule has 5 N–H and O–H groups in total. The molecule has 6 atom stereocenters. The maximum absolute atomic E-state index is 13.9. The number of hydrogen-bond acceptors (Lipinski definition) is 6. The molecule has 11 nitrogen and oxygen atoms in total. The Morgan fingerprint density at radius 2 is 1.68 bits per heavy atom. The van der Waals surface area contributed by atoms with Gasteiger partial charge in [0.25, 0.3) is 5.91 Å². The number of piperidine rings is 1. The largest absolute Gasteiger partial charge is 0.363 e. The molecule has 212 valence electrons. The molecule has 38 heavy (non-hydrogen) atoms. The Balaban J connectivity index is 1.88. The first kappa shape index (κ1) is 29.6. The minimum absolute atomic E-state index is 0.0518. The fraction of sp³-hybridized carbons (Fsp3) is 0.778. The quantitative estimate of drug-likeness (QED) is 0.323. The van der Waals surface area contributed by atoms with E-state index in [4.69, 9.17) is 5.73 Å². The zero-order valence-electron chi connectivity index (χ0n) is 23.8. The molecule has 0 aromatic carbocycles. The lowest BCUT2D eigenvalue weighted by molar-refractivity contribution is -0.147. The lowest BCUT2D eigenvalue weighted by Gasteiger charge is -2.38. The highest BCUT2D eigenvalue weighted by molar-refractivity contribution is 6.38. The molecule has 2 saturated heterocycles. The molecule has 5 amide bonds. The zero-order valence-corrected chi connectivity index (χ0v) is 23.8. The first-order valence-electron chi connectivity index (χ1n) is 13.3. The van der Waals surface area contributed by atoms with Gasteiger partial charge in [0.1, 0.15) is 12.1 Å². The summed E-state index contributed by atoms with van der Waals surface area (Å²) in [5.74, 6) is -4.25. The van der Waals surface area contributed by atoms with Gasteiger partial charge in [0.15, 0.2) is 0 Å². The van der Waals surface area contributed by atoms with Crippen molar-refractivity contribution in [3.63, 3.8) is 0 Å². The molecule has 0 spiro atoms. The van der Waals surface area contributed by atoms with E-state index in [9.17, 15) is 28.8 Å². The third kappa shape index (κ3) is 5.71. The normalized spacial score (nSPS) is 27.6. The second-order valence-corrected chi connectivity index (χ2v) is 13.7. The van der Waals surface area contributed by atoms with E-state index in [1.54, 1.807) is 20.8 Å². The summed E-state index contributed by atoms with van der Waals surface area (Å²) >= 11 is 0. The maximum Gasteiger partial charge on any atom is 0.287 e. The number of carbonyl (C=O) groups excluding carboxylic acids is 6. The SMILES string of the molecule is CC(C)(C)C(=O)N[C@H](C(=O)N1C[C@H]2[C@@H]([C@H]1C(=O)N[C@@H](C[C@@H]1CCNC1=O)C(=O)C(N)=O)C2(C)C)C(C)(C)C. The van der Waals surface area contributed by atoms with Crippen LogP contribution in [0.2, 0.25) is 0 Å². The van der Waals surface area contributed by atoms with Gasteiger partial charge < -0.3 is 26.6 Å². The molecule has 2 aliphatic heterocycles. The van der Waals surface area contributed by atoms with Gasteiger partial charge in [0.05, 0.1) is 6.04 Å². The maximum atomic E-state index is 13.9. The van der Waals surface area contributed by atoms with Crippen LogP contribution >= 0.6 is 0 Å². The smallest absolute Gasteiger partial charge is 0.287 e. The van der Waals surface area contributed by atoms with Crippen molar-refractivity contribution in [1.82, 2.24) is 20.9 Å². The van der Waals surface area contributed by atoms with Gasteiger partial charge in [-0.3, -0.25) is 28.8 Å². The molecule has 0 radical (unpaired) electrons. The van der Waals surface area contributed by atoms with Gasteiger partial charge in [0, 0.05) is 24.4 Å². The van der Waals surface area contributed by atoms with Crippen molar-refractivity contribution in [2.45, 2.75) is 86.4 Å².